The van der Waals surface area contributed by atoms with Gasteiger partial charge >= 0.3 is 5.97 Å². The number of hydrogen-bond acceptors (Lipinski definition) is 2. The predicted octanol–water partition coefficient (Wildman–Crippen LogP) is 5.81. The highest BCUT2D eigenvalue weighted by molar-refractivity contribution is 5.82. The first-order chi connectivity index (χ1) is 10.6. The monoisotopic (exact) mass is 318 g/mol. The summed E-state index contributed by atoms with van der Waals surface area (Å²) < 4.78 is 6.38. The SMILES string of the molecule is CC(C)(C)CC1(C(=O)OC2(C3=CC3)CCCCCC2)CC1(C)C. The number of carbonyl (C=O) groups is 1. The highest BCUT2D eigenvalue weighted by Gasteiger charge is 2.68. The summed E-state index contributed by atoms with van der Waals surface area (Å²) in [5, 5.41) is 0. The van der Waals surface area contributed by atoms with Crippen LogP contribution in [0.1, 0.15) is 92.4 Å². The van der Waals surface area contributed by atoms with E-state index >= 15 is 0 Å². The maximum atomic E-state index is 13.3. The Kier molecular flexibility index (Phi) is 3.97. The van der Waals surface area contributed by atoms with E-state index in [2.05, 4.69) is 40.7 Å². The topological polar surface area (TPSA) is 26.3 Å². The first kappa shape index (κ1) is 17.0. The molecule has 130 valence electrons. The third kappa shape index (κ3) is 3.23. The summed E-state index contributed by atoms with van der Waals surface area (Å²) >= 11 is 0. The van der Waals surface area contributed by atoms with E-state index in [4.69, 9.17) is 4.74 Å². The van der Waals surface area contributed by atoms with Crippen molar-refractivity contribution in [1.82, 2.24) is 0 Å². The van der Waals surface area contributed by atoms with Crippen molar-refractivity contribution in [3.8, 4) is 0 Å². The van der Waals surface area contributed by atoms with Crippen LogP contribution in [0.5, 0.6) is 0 Å². The van der Waals surface area contributed by atoms with Crippen molar-refractivity contribution in [3.63, 3.8) is 0 Å². The number of rotatable bonds is 4. The molecule has 0 spiro atoms. The minimum absolute atomic E-state index is 0.0845. The summed E-state index contributed by atoms with van der Waals surface area (Å²) in [5.41, 5.74) is 1.12. The lowest BCUT2D eigenvalue weighted by atomic mass is 9.78. The van der Waals surface area contributed by atoms with Crippen molar-refractivity contribution < 1.29 is 9.53 Å². The van der Waals surface area contributed by atoms with Crippen LogP contribution in [0.25, 0.3) is 0 Å². The second kappa shape index (κ2) is 5.36. The van der Waals surface area contributed by atoms with Gasteiger partial charge in [0.15, 0.2) is 0 Å². The molecule has 3 rings (SSSR count). The van der Waals surface area contributed by atoms with Gasteiger partial charge in [0, 0.05) is 0 Å². The molecule has 0 heterocycles. The maximum absolute atomic E-state index is 13.3. The number of hydrogen-bond donors (Lipinski definition) is 0. The first-order valence-electron chi connectivity index (χ1n) is 9.53. The second-order valence-electron chi connectivity index (χ2n) is 10.1. The number of ether oxygens (including phenoxy) is 1. The van der Waals surface area contributed by atoms with E-state index in [9.17, 15) is 4.79 Å². The molecular weight excluding hydrogens is 284 g/mol. The zero-order valence-corrected chi connectivity index (χ0v) is 15.8. The molecule has 0 radical (unpaired) electrons. The molecule has 1 unspecified atom stereocenters. The fraction of sp³-hybridized carbons (Fsp3) is 0.857. The van der Waals surface area contributed by atoms with Gasteiger partial charge in [-0.2, -0.15) is 0 Å². The Hall–Kier alpha value is -0.790. The molecule has 23 heavy (non-hydrogen) atoms. The minimum Gasteiger partial charge on any atom is -0.454 e. The molecule has 2 fully saturated rings. The fourth-order valence-corrected chi connectivity index (χ4v) is 4.82. The molecule has 1 atom stereocenters. The van der Waals surface area contributed by atoms with Crippen LogP contribution < -0.4 is 0 Å². The standard InChI is InChI=1S/C21H34O2/c1-18(2,3)14-20(15-19(20,4)5)17(22)23-21(16-10-11-16)12-8-6-7-9-13-21/h10H,6-9,11-15H2,1-5H3. The summed E-state index contributed by atoms with van der Waals surface area (Å²) in [7, 11) is 0. The smallest absolute Gasteiger partial charge is 0.313 e. The van der Waals surface area contributed by atoms with Crippen LogP contribution in [0.15, 0.2) is 11.6 Å². The zero-order valence-electron chi connectivity index (χ0n) is 15.8. The van der Waals surface area contributed by atoms with Gasteiger partial charge < -0.3 is 4.74 Å². The lowest BCUT2D eigenvalue weighted by Gasteiger charge is -2.35. The van der Waals surface area contributed by atoms with E-state index in [1.54, 1.807) is 0 Å². The Morgan fingerprint density at radius 3 is 2.04 bits per heavy atom. The number of esters is 1. The van der Waals surface area contributed by atoms with Gasteiger partial charge in [0.1, 0.15) is 5.60 Å². The van der Waals surface area contributed by atoms with E-state index in [1.165, 1.54) is 31.3 Å². The lowest BCUT2D eigenvalue weighted by Crippen LogP contribution is -2.39. The Balaban J connectivity index is 1.80. The molecule has 0 aromatic heterocycles. The molecule has 2 saturated carbocycles. The van der Waals surface area contributed by atoms with E-state index in [-0.39, 0.29) is 27.8 Å². The Bertz CT molecular complexity index is 512. The van der Waals surface area contributed by atoms with Crippen LogP contribution in [0.3, 0.4) is 0 Å². The van der Waals surface area contributed by atoms with Gasteiger partial charge in [-0.15, -0.1) is 0 Å². The lowest BCUT2D eigenvalue weighted by molar-refractivity contribution is -0.167. The molecule has 0 aromatic rings. The van der Waals surface area contributed by atoms with Crippen molar-refractivity contribution in [2.75, 3.05) is 0 Å². The van der Waals surface area contributed by atoms with Crippen LogP contribution in [-0.2, 0) is 9.53 Å². The van der Waals surface area contributed by atoms with Crippen molar-refractivity contribution in [3.05, 3.63) is 11.6 Å². The summed E-state index contributed by atoms with van der Waals surface area (Å²) in [4.78, 5) is 13.3. The van der Waals surface area contributed by atoms with Gasteiger partial charge in [-0.3, -0.25) is 4.79 Å². The Morgan fingerprint density at radius 2 is 1.65 bits per heavy atom. The average Bonchev–Trinajstić information content (AvgIpc) is 3.27. The van der Waals surface area contributed by atoms with Crippen LogP contribution in [-0.4, -0.2) is 11.6 Å². The summed E-state index contributed by atoms with van der Waals surface area (Å²) in [6.45, 7) is 11.2. The second-order valence-corrected chi connectivity index (χ2v) is 10.1. The van der Waals surface area contributed by atoms with Crippen LogP contribution >= 0.6 is 0 Å². The zero-order chi connectivity index (χ0) is 16.9. The molecule has 0 bridgehead atoms. The molecule has 3 aliphatic rings. The molecule has 0 aromatic carbocycles. The fourth-order valence-electron chi connectivity index (χ4n) is 4.82. The molecule has 0 N–H and O–H groups in total. The van der Waals surface area contributed by atoms with E-state index in [1.807, 2.05) is 0 Å². The molecule has 2 heteroatoms. The summed E-state index contributed by atoms with van der Waals surface area (Å²) in [6.07, 6.45) is 12.3. The van der Waals surface area contributed by atoms with Gasteiger partial charge in [-0.05, 0) is 61.3 Å². The van der Waals surface area contributed by atoms with E-state index in [0.29, 0.717) is 0 Å². The molecule has 3 aliphatic carbocycles. The van der Waals surface area contributed by atoms with Gasteiger partial charge in [-0.25, -0.2) is 0 Å². The van der Waals surface area contributed by atoms with Gasteiger partial charge in [0.25, 0.3) is 0 Å². The summed E-state index contributed by atoms with van der Waals surface area (Å²) in [6, 6.07) is 0. The number of allylic oxidation sites excluding steroid dienone is 1. The molecule has 0 saturated heterocycles. The van der Waals surface area contributed by atoms with Crippen LogP contribution in [0.4, 0.5) is 0 Å². The average molecular weight is 319 g/mol. The van der Waals surface area contributed by atoms with Gasteiger partial charge in [-0.1, -0.05) is 53.5 Å². The maximum Gasteiger partial charge on any atom is 0.313 e. The quantitative estimate of drug-likeness (QED) is 0.372. The highest BCUT2D eigenvalue weighted by atomic mass is 16.6. The van der Waals surface area contributed by atoms with Crippen molar-refractivity contribution in [2.24, 2.45) is 16.2 Å². The normalized spacial score (nSPS) is 31.8. The first-order valence-corrected chi connectivity index (χ1v) is 9.53. The third-order valence-electron chi connectivity index (χ3n) is 6.33. The minimum atomic E-state index is -0.264. The molecule has 2 nitrogen and oxygen atoms in total. The number of carbonyl (C=O) groups excluding carboxylic acids is 1. The molecule has 0 aliphatic heterocycles. The van der Waals surface area contributed by atoms with Gasteiger partial charge in [0.2, 0.25) is 0 Å². The van der Waals surface area contributed by atoms with Crippen molar-refractivity contribution >= 4 is 5.97 Å². The Morgan fingerprint density at radius 1 is 1.13 bits per heavy atom. The van der Waals surface area contributed by atoms with Crippen molar-refractivity contribution in [1.29, 1.82) is 0 Å². The van der Waals surface area contributed by atoms with Crippen LogP contribution in [0.2, 0.25) is 0 Å². The third-order valence-corrected chi connectivity index (χ3v) is 6.33. The predicted molar refractivity (Wildman–Crippen MR) is 94.1 cm³/mol. The van der Waals surface area contributed by atoms with E-state index < -0.39 is 0 Å². The van der Waals surface area contributed by atoms with Gasteiger partial charge in [0.05, 0.1) is 5.41 Å². The summed E-state index contributed by atoms with van der Waals surface area (Å²) in [5.74, 6) is 0.0899. The Labute approximate surface area is 142 Å². The highest BCUT2D eigenvalue weighted by Crippen LogP contribution is 2.68. The molecule has 0 amide bonds. The van der Waals surface area contributed by atoms with Crippen molar-refractivity contribution in [2.45, 2.75) is 98.0 Å². The van der Waals surface area contributed by atoms with Crippen LogP contribution in [0, 0.1) is 16.2 Å². The van der Waals surface area contributed by atoms with E-state index in [0.717, 1.165) is 32.1 Å². The molecular formula is C21H34O2. The largest absolute Gasteiger partial charge is 0.454 e.